The highest BCUT2D eigenvalue weighted by Crippen LogP contribution is 2.41. The van der Waals surface area contributed by atoms with Crippen LogP contribution in [0.3, 0.4) is 0 Å². The number of anilines is 2. The fourth-order valence-electron chi connectivity index (χ4n) is 2.73. The van der Waals surface area contributed by atoms with Gasteiger partial charge in [-0.3, -0.25) is 0 Å². The molecule has 5 heteroatoms. The van der Waals surface area contributed by atoms with E-state index in [0.29, 0.717) is 45.9 Å². The molecule has 4 N–H and O–H groups in total. The fraction of sp³-hybridized carbons (Fsp3) is 0. The van der Waals surface area contributed by atoms with Gasteiger partial charge in [-0.1, -0.05) is 36.4 Å². The van der Waals surface area contributed by atoms with E-state index >= 15 is 0 Å². The second-order valence-corrected chi connectivity index (χ2v) is 6.34. The minimum atomic E-state index is 0.499. The van der Waals surface area contributed by atoms with Crippen LogP contribution >= 0.6 is 0 Å². The van der Waals surface area contributed by atoms with Crippen LogP contribution in [0.25, 0.3) is 0 Å². The van der Waals surface area contributed by atoms with Gasteiger partial charge in [-0.05, 0) is 48.5 Å². The largest absolute Gasteiger partial charge is 0.453 e. The van der Waals surface area contributed by atoms with Crippen molar-refractivity contribution >= 4 is 11.4 Å². The van der Waals surface area contributed by atoms with Crippen molar-refractivity contribution < 1.29 is 14.2 Å². The first kappa shape index (κ1) is 18.3. The van der Waals surface area contributed by atoms with E-state index in [2.05, 4.69) is 0 Å². The van der Waals surface area contributed by atoms with Crippen LogP contribution in [0.2, 0.25) is 0 Å². The highest BCUT2D eigenvalue weighted by molar-refractivity contribution is 5.58. The second kappa shape index (κ2) is 8.27. The highest BCUT2D eigenvalue weighted by Gasteiger charge is 2.13. The van der Waals surface area contributed by atoms with Crippen molar-refractivity contribution in [2.45, 2.75) is 0 Å². The van der Waals surface area contributed by atoms with Crippen LogP contribution in [0.15, 0.2) is 97.1 Å². The smallest absolute Gasteiger partial charge is 0.171 e. The third-order valence-corrected chi connectivity index (χ3v) is 4.10. The monoisotopic (exact) mass is 384 g/mol. The molecule has 0 aliphatic rings. The third-order valence-electron chi connectivity index (χ3n) is 4.10. The standard InChI is InChI=1S/C24H20N2O3/c25-17-11-13-21(23(15-17)27-19-7-3-1-4-8-19)29-22-14-12-18(26)16-24(22)28-20-9-5-2-6-10-20/h1-16H,25-26H2. The third kappa shape index (κ3) is 4.59. The van der Waals surface area contributed by atoms with Crippen LogP contribution in [-0.2, 0) is 0 Å². The van der Waals surface area contributed by atoms with E-state index in [-0.39, 0.29) is 0 Å². The quantitative estimate of drug-likeness (QED) is 0.385. The molecule has 4 rings (SSSR count). The molecular formula is C24H20N2O3. The number of hydrogen-bond acceptors (Lipinski definition) is 5. The number of nitrogen functional groups attached to an aromatic ring is 2. The number of ether oxygens (including phenoxy) is 3. The van der Waals surface area contributed by atoms with Crippen molar-refractivity contribution in [2.24, 2.45) is 0 Å². The minimum absolute atomic E-state index is 0.499. The van der Waals surface area contributed by atoms with Crippen molar-refractivity contribution in [2.75, 3.05) is 11.5 Å². The molecule has 0 atom stereocenters. The molecule has 0 spiro atoms. The van der Waals surface area contributed by atoms with Crippen molar-refractivity contribution in [3.05, 3.63) is 97.1 Å². The number of benzene rings is 4. The molecule has 5 nitrogen and oxygen atoms in total. The van der Waals surface area contributed by atoms with E-state index in [1.54, 1.807) is 36.4 Å². The molecule has 4 aromatic rings. The Kier molecular flexibility index (Phi) is 5.21. The molecule has 144 valence electrons. The topological polar surface area (TPSA) is 79.7 Å². The van der Waals surface area contributed by atoms with Gasteiger partial charge in [0.1, 0.15) is 11.5 Å². The first-order chi connectivity index (χ1) is 14.2. The van der Waals surface area contributed by atoms with Gasteiger partial charge in [0.25, 0.3) is 0 Å². The summed E-state index contributed by atoms with van der Waals surface area (Å²) in [5.74, 6) is 3.37. The molecule has 4 aromatic carbocycles. The summed E-state index contributed by atoms with van der Waals surface area (Å²) in [5, 5.41) is 0. The Hall–Kier alpha value is -4.12. The van der Waals surface area contributed by atoms with Crippen molar-refractivity contribution in [1.82, 2.24) is 0 Å². The molecule has 0 unspecified atom stereocenters. The van der Waals surface area contributed by atoms with Gasteiger partial charge in [-0.25, -0.2) is 0 Å². The van der Waals surface area contributed by atoms with E-state index in [0.717, 1.165) is 0 Å². The van der Waals surface area contributed by atoms with Crippen molar-refractivity contribution in [3.63, 3.8) is 0 Å². The van der Waals surface area contributed by atoms with E-state index < -0.39 is 0 Å². The van der Waals surface area contributed by atoms with Crippen molar-refractivity contribution in [3.8, 4) is 34.5 Å². The Labute approximate surface area is 169 Å². The van der Waals surface area contributed by atoms with Crippen LogP contribution in [0.4, 0.5) is 11.4 Å². The molecule has 0 aliphatic heterocycles. The molecule has 0 radical (unpaired) electrons. The normalized spacial score (nSPS) is 10.3. The zero-order chi connectivity index (χ0) is 20.1. The van der Waals surface area contributed by atoms with Gasteiger partial charge in [0.15, 0.2) is 23.0 Å². The first-order valence-electron chi connectivity index (χ1n) is 9.10. The molecule has 0 aromatic heterocycles. The highest BCUT2D eigenvalue weighted by atomic mass is 16.5. The van der Waals surface area contributed by atoms with Crippen LogP contribution < -0.4 is 25.7 Å². The summed E-state index contributed by atoms with van der Waals surface area (Å²) in [6, 6.07) is 29.3. The summed E-state index contributed by atoms with van der Waals surface area (Å²) >= 11 is 0. The molecule has 29 heavy (non-hydrogen) atoms. The van der Waals surface area contributed by atoms with Gasteiger partial charge < -0.3 is 25.7 Å². The Morgan fingerprint density at radius 3 is 1.24 bits per heavy atom. The van der Waals surface area contributed by atoms with Crippen LogP contribution in [-0.4, -0.2) is 0 Å². The summed E-state index contributed by atoms with van der Waals surface area (Å²) < 4.78 is 18.1. The van der Waals surface area contributed by atoms with Gasteiger partial charge in [0.05, 0.1) is 0 Å². The molecular weight excluding hydrogens is 364 g/mol. The number of hydrogen-bond donors (Lipinski definition) is 2. The van der Waals surface area contributed by atoms with Crippen LogP contribution in [0, 0.1) is 0 Å². The van der Waals surface area contributed by atoms with Gasteiger partial charge >= 0.3 is 0 Å². The van der Waals surface area contributed by atoms with E-state index in [1.165, 1.54) is 0 Å². The lowest BCUT2D eigenvalue weighted by Crippen LogP contribution is -1.96. The zero-order valence-electron chi connectivity index (χ0n) is 15.6. The molecule has 0 fully saturated rings. The van der Waals surface area contributed by atoms with E-state index in [9.17, 15) is 0 Å². The van der Waals surface area contributed by atoms with Gasteiger partial charge in [0, 0.05) is 23.5 Å². The Morgan fingerprint density at radius 2 is 0.828 bits per heavy atom. The van der Waals surface area contributed by atoms with Crippen LogP contribution in [0.5, 0.6) is 34.5 Å². The van der Waals surface area contributed by atoms with E-state index in [1.807, 2.05) is 60.7 Å². The molecule has 0 saturated heterocycles. The minimum Gasteiger partial charge on any atom is -0.453 e. The Morgan fingerprint density at radius 1 is 0.414 bits per heavy atom. The summed E-state index contributed by atoms with van der Waals surface area (Å²) in [5.41, 5.74) is 13.0. The molecule has 0 saturated carbocycles. The summed E-state index contributed by atoms with van der Waals surface area (Å²) in [6.45, 7) is 0. The van der Waals surface area contributed by atoms with Gasteiger partial charge in [-0.2, -0.15) is 0 Å². The molecule has 0 aliphatic carbocycles. The lowest BCUT2D eigenvalue weighted by molar-refractivity contribution is 0.394. The van der Waals surface area contributed by atoms with Crippen molar-refractivity contribution in [1.29, 1.82) is 0 Å². The average Bonchev–Trinajstić information content (AvgIpc) is 2.73. The summed E-state index contributed by atoms with van der Waals surface area (Å²) in [6.07, 6.45) is 0. The maximum atomic E-state index is 6.13. The first-order valence-corrected chi connectivity index (χ1v) is 9.10. The van der Waals surface area contributed by atoms with Gasteiger partial charge in [0.2, 0.25) is 0 Å². The predicted octanol–water partition coefficient (Wildman–Crippen LogP) is 6.23. The maximum absolute atomic E-state index is 6.13. The number of para-hydroxylation sites is 2. The lowest BCUT2D eigenvalue weighted by Gasteiger charge is -2.16. The molecule has 0 bridgehead atoms. The number of nitrogens with two attached hydrogens (primary N) is 2. The average molecular weight is 384 g/mol. The van der Waals surface area contributed by atoms with E-state index in [4.69, 9.17) is 25.7 Å². The summed E-state index contributed by atoms with van der Waals surface area (Å²) in [7, 11) is 0. The van der Waals surface area contributed by atoms with Gasteiger partial charge in [-0.15, -0.1) is 0 Å². The Balaban J connectivity index is 1.66. The Bertz CT molecular complexity index is 1010. The predicted molar refractivity (Wildman–Crippen MR) is 115 cm³/mol. The zero-order valence-corrected chi connectivity index (χ0v) is 15.6. The maximum Gasteiger partial charge on any atom is 0.171 e. The number of rotatable bonds is 6. The second-order valence-electron chi connectivity index (χ2n) is 6.34. The molecule has 0 amide bonds. The molecule has 0 heterocycles. The SMILES string of the molecule is Nc1ccc(Oc2ccc(N)cc2Oc2ccccc2)c(Oc2ccccc2)c1. The lowest BCUT2D eigenvalue weighted by atomic mass is 10.2. The fourth-order valence-corrected chi connectivity index (χ4v) is 2.73. The summed E-state index contributed by atoms with van der Waals surface area (Å²) in [4.78, 5) is 0. The van der Waals surface area contributed by atoms with Crippen LogP contribution in [0.1, 0.15) is 0 Å².